The molecule has 102 valence electrons. The van der Waals surface area contributed by atoms with Gasteiger partial charge >= 0.3 is 0 Å². The lowest BCUT2D eigenvalue weighted by Crippen LogP contribution is -2.06. The van der Waals surface area contributed by atoms with E-state index in [1.807, 2.05) is 12.1 Å². The highest BCUT2D eigenvalue weighted by atomic mass is 35.5. The lowest BCUT2D eigenvalue weighted by Gasteiger charge is -2.12. The Morgan fingerprint density at radius 1 is 1.15 bits per heavy atom. The fourth-order valence-corrected chi connectivity index (χ4v) is 3.73. The summed E-state index contributed by atoms with van der Waals surface area (Å²) in [5.74, 6) is 0.621. The molecule has 3 rings (SSSR count). The maximum atomic E-state index is 11.9. The van der Waals surface area contributed by atoms with Crippen LogP contribution in [0.5, 0.6) is 5.75 Å². The van der Waals surface area contributed by atoms with Crippen molar-refractivity contribution in [2.24, 2.45) is 0 Å². The van der Waals surface area contributed by atoms with Gasteiger partial charge in [0.1, 0.15) is 27.0 Å². The van der Waals surface area contributed by atoms with E-state index < -0.39 is 5.43 Å². The maximum absolute atomic E-state index is 11.9. The Hall–Kier alpha value is -1.07. The molecule has 0 fully saturated rings. The van der Waals surface area contributed by atoms with Crippen LogP contribution in [0.4, 0.5) is 0 Å². The molecule has 0 radical (unpaired) electrons. The largest absolute Gasteiger partial charge is 0.494 e. The molecule has 2 aliphatic rings. The van der Waals surface area contributed by atoms with E-state index in [2.05, 4.69) is 4.98 Å². The van der Waals surface area contributed by atoms with Crippen LogP contribution in [0.15, 0.2) is 23.0 Å². The Labute approximate surface area is 133 Å². The summed E-state index contributed by atoms with van der Waals surface area (Å²) in [4.78, 5) is 16.8. The molecule has 0 bridgehead atoms. The number of benzene rings is 2. The van der Waals surface area contributed by atoms with E-state index in [-0.39, 0.29) is 15.1 Å². The van der Waals surface area contributed by atoms with Crippen LogP contribution in [0.25, 0.3) is 20.8 Å². The van der Waals surface area contributed by atoms with Crippen molar-refractivity contribution in [3.05, 3.63) is 43.5 Å². The van der Waals surface area contributed by atoms with Crippen molar-refractivity contribution in [3.63, 3.8) is 0 Å². The van der Waals surface area contributed by atoms with E-state index in [4.69, 9.17) is 39.5 Å². The first kappa shape index (κ1) is 13.9. The van der Waals surface area contributed by atoms with Crippen LogP contribution in [0.3, 0.4) is 0 Å². The molecule has 1 aromatic carbocycles. The zero-order chi connectivity index (χ0) is 14.4. The number of halogens is 3. The van der Waals surface area contributed by atoms with E-state index in [9.17, 15) is 4.79 Å². The van der Waals surface area contributed by atoms with Gasteiger partial charge in [-0.05, 0) is 12.1 Å². The van der Waals surface area contributed by atoms with Crippen LogP contribution in [0.2, 0.25) is 15.1 Å². The van der Waals surface area contributed by atoms with Gasteiger partial charge in [0.25, 0.3) is 0 Å². The SMILES string of the molecule is COc1cccc2sc3c(Cl)c(=O)c(Cl)c(Cl)c-3nc12. The molecule has 20 heavy (non-hydrogen) atoms. The average molecular weight is 347 g/mol. The van der Waals surface area contributed by atoms with E-state index in [0.717, 1.165) is 4.70 Å². The van der Waals surface area contributed by atoms with E-state index in [1.165, 1.54) is 11.3 Å². The Morgan fingerprint density at radius 3 is 2.60 bits per heavy atom. The summed E-state index contributed by atoms with van der Waals surface area (Å²) in [5, 5.41) is 0.0369. The van der Waals surface area contributed by atoms with Crippen LogP contribution in [0, 0.1) is 0 Å². The first-order chi connectivity index (χ1) is 9.54. The van der Waals surface area contributed by atoms with Crippen molar-refractivity contribution in [1.82, 2.24) is 4.98 Å². The monoisotopic (exact) mass is 345 g/mol. The predicted molar refractivity (Wildman–Crippen MR) is 84.1 cm³/mol. The third-order valence-corrected chi connectivity index (χ3v) is 5.28. The van der Waals surface area contributed by atoms with E-state index in [0.29, 0.717) is 21.8 Å². The van der Waals surface area contributed by atoms with Crippen LogP contribution in [-0.4, -0.2) is 12.1 Å². The average Bonchev–Trinajstić information content (AvgIpc) is 2.48. The first-order valence-electron chi connectivity index (χ1n) is 5.48. The van der Waals surface area contributed by atoms with Crippen LogP contribution in [0.1, 0.15) is 0 Å². The van der Waals surface area contributed by atoms with Crippen molar-refractivity contribution in [3.8, 4) is 16.3 Å². The Kier molecular flexibility index (Phi) is 3.50. The molecule has 3 nitrogen and oxygen atoms in total. The molecule has 0 atom stereocenters. The lowest BCUT2D eigenvalue weighted by atomic mass is 10.2. The summed E-state index contributed by atoms with van der Waals surface area (Å²) in [6.07, 6.45) is 0. The van der Waals surface area contributed by atoms with Gasteiger partial charge in [-0.15, -0.1) is 11.3 Å². The van der Waals surface area contributed by atoms with Gasteiger partial charge in [-0.3, -0.25) is 4.79 Å². The summed E-state index contributed by atoms with van der Waals surface area (Å²) in [5.41, 5.74) is 0.578. The number of methoxy groups -OCH3 is 1. The van der Waals surface area contributed by atoms with Gasteiger partial charge in [-0.25, -0.2) is 4.98 Å². The number of hydrogen-bond donors (Lipinski definition) is 0. The predicted octanol–water partition coefficient (Wildman–Crippen LogP) is 4.73. The number of fused-ring (bicyclic) bond motifs is 2. The number of para-hydroxylation sites is 1. The van der Waals surface area contributed by atoms with Gasteiger partial charge in [0.2, 0.25) is 5.43 Å². The van der Waals surface area contributed by atoms with Crippen LogP contribution < -0.4 is 10.2 Å². The zero-order valence-corrected chi connectivity index (χ0v) is 13.1. The zero-order valence-electron chi connectivity index (χ0n) is 10.0. The maximum Gasteiger partial charge on any atom is 0.218 e. The number of ether oxygens (including phenoxy) is 1. The van der Waals surface area contributed by atoms with Gasteiger partial charge in [0, 0.05) is 0 Å². The minimum Gasteiger partial charge on any atom is -0.494 e. The fourth-order valence-electron chi connectivity index (χ4n) is 1.88. The molecule has 1 heterocycles. The minimum atomic E-state index is -0.480. The number of aromatic nitrogens is 1. The molecule has 0 spiro atoms. The van der Waals surface area contributed by atoms with Crippen molar-refractivity contribution in [2.75, 3.05) is 7.11 Å². The summed E-state index contributed by atoms with van der Waals surface area (Å²) >= 11 is 19.4. The normalized spacial score (nSPS) is 11.2. The van der Waals surface area contributed by atoms with Gasteiger partial charge in [0.05, 0.1) is 21.7 Å². The topological polar surface area (TPSA) is 39.2 Å². The second-order valence-corrected chi connectivity index (χ2v) is 6.16. The highest BCUT2D eigenvalue weighted by Gasteiger charge is 2.22. The van der Waals surface area contributed by atoms with E-state index in [1.54, 1.807) is 13.2 Å². The van der Waals surface area contributed by atoms with E-state index >= 15 is 0 Å². The molecule has 0 saturated carbocycles. The number of nitrogens with zero attached hydrogens (tertiary/aromatic N) is 1. The Morgan fingerprint density at radius 2 is 1.90 bits per heavy atom. The Bertz CT molecular complexity index is 862. The molecule has 0 unspecified atom stereocenters. The summed E-state index contributed by atoms with van der Waals surface area (Å²) in [7, 11) is 1.56. The first-order valence-corrected chi connectivity index (χ1v) is 7.43. The molecule has 7 heteroatoms. The third kappa shape index (κ3) is 1.95. The molecule has 1 aliphatic heterocycles. The quantitative estimate of drug-likeness (QED) is 0.472. The summed E-state index contributed by atoms with van der Waals surface area (Å²) in [6, 6.07) is 5.51. The van der Waals surface area contributed by atoms with Crippen molar-refractivity contribution < 1.29 is 4.74 Å². The molecular weight excluding hydrogens is 341 g/mol. The molecule has 0 saturated heterocycles. The molecule has 1 aliphatic carbocycles. The van der Waals surface area contributed by atoms with Gasteiger partial charge in [-0.2, -0.15) is 0 Å². The number of rotatable bonds is 1. The van der Waals surface area contributed by atoms with Gasteiger partial charge in [-0.1, -0.05) is 40.9 Å². The van der Waals surface area contributed by atoms with Crippen LogP contribution >= 0.6 is 46.1 Å². The second-order valence-electron chi connectivity index (χ2n) is 3.97. The Balaban J connectivity index is 2.55. The summed E-state index contributed by atoms with van der Waals surface area (Å²) < 4.78 is 6.12. The molecule has 0 N–H and O–H groups in total. The highest BCUT2D eigenvalue weighted by molar-refractivity contribution is 7.22. The van der Waals surface area contributed by atoms with Gasteiger partial charge < -0.3 is 4.74 Å². The van der Waals surface area contributed by atoms with Gasteiger partial charge in [0.15, 0.2) is 0 Å². The van der Waals surface area contributed by atoms with Crippen molar-refractivity contribution in [2.45, 2.75) is 0 Å². The molecule has 1 aromatic rings. The van der Waals surface area contributed by atoms with Crippen molar-refractivity contribution >= 4 is 56.4 Å². The molecular formula is C13H6Cl3NO2S. The minimum absolute atomic E-state index is 0.0385. The van der Waals surface area contributed by atoms with Crippen LogP contribution in [-0.2, 0) is 0 Å². The van der Waals surface area contributed by atoms with Crippen molar-refractivity contribution in [1.29, 1.82) is 0 Å². The highest BCUT2D eigenvalue weighted by Crippen LogP contribution is 2.42. The number of hydrogen-bond acceptors (Lipinski definition) is 4. The smallest absolute Gasteiger partial charge is 0.218 e. The molecule has 0 aromatic heterocycles. The molecule has 0 amide bonds. The second kappa shape index (κ2) is 5.04. The lowest BCUT2D eigenvalue weighted by molar-refractivity contribution is 0.419. The fraction of sp³-hybridized carbons (Fsp3) is 0.0769. The summed E-state index contributed by atoms with van der Waals surface area (Å²) in [6.45, 7) is 0. The third-order valence-electron chi connectivity index (χ3n) is 2.83. The standard InChI is InChI=1S/C13H6Cl3NO2S/c1-19-5-3-2-4-6-10(5)17-11-7(14)8(15)12(18)9(16)13(11)20-6/h2-4H,1H3.